The van der Waals surface area contributed by atoms with Gasteiger partial charge in [-0.25, -0.2) is 13.1 Å². The summed E-state index contributed by atoms with van der Waals surface area (Å²) < 4.78 is 37.6. The Labute approximate surface area is 137 Å². The maximum Gasteiger partial charge on any atom is 0.244 e. The zero-order valence-electron chi connectivity index (χ0n) is 13.3. The molecule has 0 spiro atoms. The van der Waals surface area contributed by atoms with Crippen molar-refractivity contribution in [1.29, 1.82) is 0 Å². The standard InChI is InChI=1S/C17H21NO4S/c1-21-15-10-11-17(16(13-15)22-2)23(19,20)18-12-6-9-14-7-4-3-5-8-14/h3-5,7-8,10-11,13,18H,6,9,12H2,1-2H3. The van der Waals surface area contributed by atoms with Crippen molar-refractivity contribution >= 4 is 10.0 Å². The molecule has 5 nitrogen and oxygen atoms in total. The van der Waals surface area contributed by atoms with Crippen molar-refractivity contribution < 1.29 is 17.9 Å². The van der Waals surface area contributed by atoms with Crippen LogP contribution >= 0.6 is 0 Å². The van der Waals surface area contributed by atoms with E-state index in [1.54, 1.807) is 12.1 Å². The fourth-order valence-electron chi connectivity index (χ4n) is 2.22. The summed E-state index contributed by atoms with van der Waals surface area (Å²) in [6.07, 6.45) is 1.55. The Morgan fingerprint density at radius 2 is 1.74 bits per heavy atom. The largest absolute Gasteiger partial charge is 0.497 e. The van der Waals surface area contributed by atoms with Crippen molar-refractivity contribution in [2.24, 2.45) is 0 Å². The number of ether oxygens (including phenoxy) is 2. The number of sulfonamides is 1. The molecule has 0 aliphatic carbocycles. The fraction of sp³-hybridized carbons (Fsp3) is 0.294. The first-order chi connectivity index (χ1) is 11.1. The molecule has 124 valence electrons. The minimum Gasteiger partial charge on any atom is -0.497 e. The average Bonchev–Trinajstić information content (AvgIpc) is 2.59. The Morgan fingerprint density at radius 1 is 1.00 bits per heavy atom. The van der Waals surface area contributed by atoms with Crippen LogP contribution < -0.4 is 14.2 Å². The van der Waals surface area contributed by atoms with Crippen molar-refractivity contribution in [2.75, 3.05) is 20.8 Å². The summed E-state index contributed by atoms with van der Waals surface area (Å²) >= 11 is 0. The van der Waals surface area contributed by atoms with Crippen molar-refractivity contribution in [2.45, 2.75) is 17.7 Å². The van der Waals surface area contributed by atoms with E-state index in [2.05, 4.69) is 4.72 Å². The third-order valence-electron chi connectivity index (χ3n) is 3.44. The van der Waals surface area contributed by atoms with E-state index in [1.165, 1.54) is 25.8 Å². The van der Waals surface area contributed by atoms with Crippen LogP contribution in [0.5, 0.6) is 11.5 Å². The van der Waals surface area contributed by atoms with Crippen LogP contribution in [0.3, 0.4) is 0 Å². The molecule has 0 saturated carbocycles. The van der Waals surface area contributed by atoms with Crippen molar-refractivity contribution in [1.82, 2.24) is 4.72 Å². The number of aryl methyl sites for hydroxylation is 1. The molecule has 0 aromatic heterocycles. The highest BCUT2D eigenvalue weighted by Gasteiger charge is 2.19. The molecule has 6 heteroatoms. The van der Waals surface area contributed by atoms with Gasteiger partial charge in [-0.15, -0.1) is 0 Å². The molecule has 0 bridgehead atoms. The molecule has 0 fully saturated rings. The SMILES string of the molecule is COc1ccc(S(=O)(=O)NCCCc2ccccc2)c(OC)c1. The molecule has 0 aliphatic rings. The van der Waals surface area contributed by atoms with E-state index >= 15 is 0 Å². The predicted molar refractivity (Wildman–Crippen MR) is 89.5 cm³/mol. The van der Waals surface area contributed by atoms with E-state index in [-0.39, 0.29) is 10.6 Å². The van der Waals surface area contributed by atoms with Crippen LogP contribution in [0.1, 0.15) is 12.0 Å². The number of nitrogens with one attached hydrogen (secondary N) is 1. The van der Waals surface area contributed by atoms with Crippen molar-refractivity contribution in [3.8, 4) is 11.5 Å². The molecule has 2 aromatic carbocycles. The van der Waals surface area contributed by atoms with Gasteiger partial charge in [0.05, 0.1) is 14.2 Å². The average molecular weight is 335 g/mol. The molecular formula is C17H21NO4S. The maximum atomic E-state index is 12.4. The quantitative estimate of drug-likeness (QED) is 0.753. The first-order valence-electron chi connectivity index (χ1n) is 7.32. The van der Waals surface area contributed by atoms with Gasteiger partial charge in [0, 0.05) is 12.6 Å². The third kappa shape index (κ3) is 4.71. The van der Waals surface area contributed by atoms with Crippen LogP contribution in [-0.4, -0.2) is 29.2 Å². The van der Waals surface area contributed by atoms with E-state index in [1.807, 2.05) is 30.3 Å². The van der Waals surface area contributed by atoms with Gasteiger partial charge in [0.2, 0.25) is 10.0 Å². The van der Waals surface area contributed by atoms with Gasteiger partial charge in [-0.3, -0.25) is 0 Å². The summed E-state index contributed by atoms with van der Waals surface area (Å²) in [7, 11) is -0.661. The first-order valence-corrected chi connectivity index (χ1v) is 8.81. The van der Waals surface area contributed by atoms with Crippen molar-refractivity contribution in [3.05, 3.63) is 54.1 Å². The Kier molecular flexibility index (Phi) is 6.01. The molecule has 0 radical (unpaired) electrons. The lowest BCUT2D eigenvalue weighted by molar-refractivity contribution is 0.386. The van der Waals surface area contributed by atoms with Crippen LogP contribution in [-0.2, 0) is 16.4 Å². The van der Waals surface area contributed by atoms with Gasteiger partial charge >= 0.3 is 0 Å². The molecule has 0 atom stereocenters. The Hall–Kier alpha value is -2.05. The summed E-state index contributed by atoms with van der Waals surface area (Å²) in [5.41, 5.74) is 1.19. The number of benzene rings is 2. The number of rotatable bonds is 8. The normalized spacial score (nSPS) is 11.2. The summed E-state index contributed by atoms with van der Waals surface area (Å²) in [5.74, 6) is 0.810. The topological polar surface area (TPSA) is 64.6 Å². The summed E-state index contributed by atoms with van der Waals surface area (Å²) in [5, 5.41) is 0. The van der Waals surface area contributed by atoms with Gasteiger partial charge < -0.3 is 9.47 Å². The molecular weight excluding hydrogens is 314 g/mol. The van der Waals surface area contributed by atoms with Crippen LogP contribution in [0.25, 0.3) is 0 Å². The van der Waals surface area contributed by atoms with Gasteiger partial charge in [-0.05, 0) is 30.5 Å². The molecule has 2 aromatic rings. The van der Waals surface area contributed by atoms with Crippen LogP contribution in [0.4, 0.5) is 0 Å². The molecule has 1 N–H and O–H groups in total. The van der Waals surface area contributed by atoms with Crippen LogP contribution in [0, 0.1) is 0 Å². The lowest BCUT2D eigenvalue weighted by Crippen LogP contribution is -2.25. The highest BCUT2D eigenvalue weighted by Crippen LogP contribution is 2.28. The predicted octanol–water partition coefficient (Wildman–Crippen LogP) is 2.61. The van der Waals surface area contributed by atoms with E-state index in [0.717, 1.165) is 12.8 Å². The van der Waals surface area contributed by atoms with Gasteiger partial charge in [0.25, 0.3) is 0 Å². The van der Waals surface area contributed by atoms with E-state index in [4.69, 9.17) is 9.47 Å². The Morgan fingerprint density at radius 3 is 2.39 bits per heavy atom. The lowest BCUT2D eigenvalue weighted by atomic mass is 10.1. The van der Waals surface area contributed by atoms with Gasteiger partial charge in [-0.1, -0.05) is 30.3 Å². The number of methoxy groups -OCH3 is 2. The molecule has 0 unspecified atom stereocenters. The number of hydrogen-bond donors (Lipinski definition) is 1. The number of hydrogen-bond acceptors (Lipinski definition) is 4. The Balaban J connectivity index is 1.99. The molecule has 0 amide bonds. The van der Waals surface area contributed by atoms with Gasteiger partial charge in [-0.2, -0.15) is 0 Å². The van der Waals surface area contributed by atoms with E-state index in [0.29, 0.717) is 12.3 Å². The molecule has 0 aliphatic heterocycles. The molecule has 0 heterocycles. The van der Waals surface area contributed by atoms with Gasteiger partial charge in [0.15, 0.2) is 0 Å². The zero-order valence-corrected chi connectivity index (χ0v) is 14.1. The first kappa shape index (κ1) is 17.3. The third-order valence-corrected chi connectivity index (χ3v) is 4.94. The van der Waals surface area contributed by atoms with E-state index in [9.17, 15) is 8.42 Å². The molecule has 2 rings (SSSR count). The summed E-state index contributed by atoms with van der Waals surface area (Å²) in [6.45, 7) is 0.367. The molecule has 0 saturated heterocycles. The van der Waals surface area contributed by atoms with Crippen LogP contribution in [0.15, 0.2) is 53.4 Å². The highest BCUT2D eigenvalue weighted by molar-refractivity contribution is 7.89. The van der Waals surface area contributed by atoms with E-state index < -0.39 is 10.0 Å². The minimum atomic E-state index is -3.61. The molecule has 23 heavy (non-hydrogen) atoms. The fourth-order valence-corrected chi connectivity index (χ4v) is 3.44. The summed E-state index contributed by atoms with van der Waals surface area (Å²) in [6, 6.07) is 14.6. The lowest BCUT2D eigenvalue weighted by Gasteiger charge is -2.12. The van der Waals surface area contributed by atoms with Crippen LogP contribution in [0.2, 0.25) is 0 Å². The Bertz CT molecular complexity index is 730. The second-order valence-corrected chi connectivity index (χ2v) is 6.74. The smallest absolute Gasteiger partial charge is 0.244 e. The highest BCUT2D eigenvalue weighted by atomic mass is 32.2. The maximum absolute atomic E-state index is 12.4. The summed E-state index contributed by atoms with van der Waals surface area (Å²) in [4.78, 5) is 0.112. The monoisotopic (exact) mass is 335 g/mol. The zero-order chi connectivity index (χ0) is 16.7. The van der Waals surface area contributed by atoms with Crippen molar-refractivity contribution in [3.63, 3.8) is 0 Å². The second-order valence-electron chi connectivity index (χ2n) is 5.00. The second kappa shape index (κ2) is 7.99. The minimum absolute atomic E-state index is 0.112. The van der Waals surface area contributed by atoms with Gasteiger partial charge in [0.1, 0.15) is 16.4 Å².